The van der Waals surface area contributed by atoms with E-state index >= 15 is 0 Å². The first-order chi connectivity index (χ1) is 10.0. The predicted octanol–water partition coefficient (Wildman–Crippen LogP) is 2.91. The van der Waals surface area contributed by atoms with Crippen LogP contribution in [0, 0.1) is 11.8 Å². The molecule has 0 amide bonds. The molecule has 22 heavy (non-hydrogen) atoms. The topological polar surface area (TPSA) is 72.5 Å². The molecule has 0 heterocycles. The van der Waals surface area contributed by atoms with Crippen molar-refractivity contribution in [1.82, 2.24) is 0 Å². The minimum Gasteiger partial charge on any atom is -0.463 e. The quantitative estimate of drug-likeness (QED) is 0.383. The summed E-state index contributed by atoms with van der Waals surface area (Å²) in [5, 5.41) is 10.5. The van der Waals surface area contributed by atoms with Crippen LogP contribution in [0.5, 0.6) is 0 Å². The highest BCUT2D eigenvalue weighted by Crippen LogP contribution is 2.19. The van der Waals surface area contributed by atoms with Crippen molar-refractivity contribution < 1.29 is 14.6 Å². The fourth-order valence-electron chi connectivity index (χ4n) is 1.44. The van der Waals surface area contributed by atoms with E-state index in [-0.39, 0.29) is 0 Å². The van der Waals surface area contributed by atoms with Crippen molar-refractivity contribution >= 4 is 31.3 Å². The highest BCUT2D eigenvalue weighted by atomic mass is 35.5. The van der Waals surface area contributed by atoms with Crippen molar-refractivity contribution in [2.45, 2.75) is 38.2 Å². The predicted molar refractivity (Wildman–Crippen MR) is 92.5 cm³/mol. The van der Waals surface area contributed by atoms with Crippen LogP contribution < -0.4 is 5.73 Å². The maximum Gasteiger partial charge on any atom is 0.350 e. The summed E-state index contributed by atoms with van der Waals surface area (Å²) in [6.45, 7) is 8.17. The molecule has 0 aliphatic heterocycles. The molecule has 1 unspecified atom stereocenters. The third-order valence-corrected chi connectivity index (χ3v) is 4.96. The van der Waals surface area contributed by atoms with Crippen LogP contribution in [0.25, 0.3) is 0 Å². The highest BCUT2D eigenvalue weighted by Gasteiger charge is 2.30. The number of carbonyl (C=O) groups is 1. The number of rotatable bonds is 4. The van der Waals surface area contributed by atoms with E-state index in [0.29, 0.717) is 22.9 Å². The molecule has 120 valence electrons. The summed E-state index contributed by atoms with van der Waals surface area (Å²) in [4.78, 5) is 11.9. The van der Waals surface area contributed by atoms with Crippen molar-refractivity contribution in [3.8, 4) is 11.8 Å². The summed E-state index contributed by atoms with van der Waals surface area (Å²) in [6, 6.07) is 5.71. The number of benzene rings is 1. The van der Waals surface area contributed by atoms with Gasteiger partial charge >= 0.3 is 5.97 Å². The molecule has 1 aromatic carbocycles. The summed E-state index contributed by atoms with van der Waals surface area (Å²) >= 11 is 5.89. The van der Waals surface area contributed by atoms with Gasteiger partial charge in [0.05, 0.1) is 17.3 Å². The van der Waals surface area contributed by atoms with Gasteiger partial charge < -0.3 is 15.6 Å². The molecule has 1 rings (SSSR count). The Morgan fingerprint density at radius 1 is 1.45 bits per heavy atom. The number of anilines is 1. The van der Waals surface area contributed by atoms with E-state index in [0.717, 1.165) is 6.04 Å². The molecule has 3 N–H and O–H groups in total. The lowest BCUT2D eigenvalue weighted by Crippen LogP contribution is -2.36. The monoisotopic (exact) mass is 339 g/mol. The molecule has 1 atom stereocenters. The van der Waals surface area contributed by atoms with Gasteiger partial charge in [-0.05, 0) is 31.2 Å². The molecule has 0 aliphatic carbocycles. The summed E-state index contributed by atoms with van der Waals surface area (Å²) in [6.07, 6.45) is 0. The molecule has 6 heteroatoms. The first kappa shape index (κ1) is 18.6. The van der Waals surface area contributed by atoms with Gasteiger partial charge in [-0.1, -0.05) is 43.1 Å². The fraction of sp³-hybridized carbons (Fsp3) is 0.438. The van der Waals surface area contributed by atoms with Crippen LogP contribution in [0.4, 0.5) is 5.69 Å². The molecule has 0 saturated heterocycles. The molecule has 0 saturated carbocycles. The normalized spacial score (nSPS) is 13.7. The van der Waals surface area contributed by atoms with Gasteiger partial charge in [-0.2, -0.15) is 0 Å². The smallest absolute Gasteiger partial charge is 0.350 e. The van der Waals surface area contributed by atoms with Gasteiger partial charge in [0.2, 0.25) is 5.60 Å². The van der Waals surface area contributed by atoms with Crippen molar-refractivity contribution in [3.63, 3.8) is 0 Å². The number of ether oxygens (including phenoxy) is 1. The van der Waals surface area contributed by atoms with Crippen molar-refractivity contribution in [2.75, 3.05) is 12.3 Å². The number of nitrogens with two attached hydrogens (primary N) is 1. The molecule has 0 radical (unpaired) electrons. The fourth-order valence-corrected chi connectivity index (χ4v) is 2.34. The van der Waals surface area contributed by atoms with Crippen molar-refractivity contribution in [2.24, 2.45) is 0 Å². The van der Waals surface area contributed by atoms with Crippen LogP contribution in [0.15, 0.2) is 18.2 Å². The van der Waals surface area contributed by atoms with E-state index in [4.69, 9.17) is 22.1 Å². The van der Waals surface area contributed by atoms with E-state index in [2.05, 4.69) is 31.5 Å². The molecule has 4 nitrogen and oxygen atoms in total. The Balaban J connectivity index is 2.72. The SMILES string of the molecule is CC(O)(C#Cc1ccc(N)c(Cl)c1)C(=O)OCC[Si](C)(C)C. The lowest BCUT2D eigenvalue weighted by molar-refractivity contribution is -0.157. The van der Waals surface area contributed by atoms with Crippen molar-refractivity contribution in [1.29, 1.82) is 0 Å². The second-order valence-corrected chi connectivity index (χ2v) is 12.5. The average molecular weight is 340 g/mol. The molecule has 1 aromatic rings. The first-order valence-corrected chi connectivity index (χ1v) is 11.1. The van der Waals surface area contributed by atoms with Gasteiger partial charge in [-0.3, -0.25) is 0 Å². The standard InChI is InChI=1S/C16H22ClNO3Si/c1-16(20,15(19)21-9-10-22(2,3)4)8-7-12-5-6-14(18)13(17)11-12/h5-6,11,20H,9-10,18H2,1-4H3. The van der Waals surface area contributed by atoms with E-state index in [1.165, 1.54) is 6.92 Å². The second-order valence-electron chi connectivity index (χ2n) is 6.51. The van der Waals surface area contributed by atoms with Gasteiger partial charge in [0.25, 0.3) is 0 Å². The minimum atomic E-state index is -1.85. The van der Waals surface area contributed by atoms with Crippen molar-refractivity contribution in [3.05, 3.63) is 28.8 Å². The Labute approximate surface area is 137 Å². The molecule has 0 aliphatic rings. The highest BCUT2D eigenvalue weighted by molar-refractivity contribution is 6.76. The third kappa shape index (κ3) is 6.10. The van der Waals surface area contributed by atoms with Gasteiger partial charge in [-0.15, -0.1) is 0 Å². The minimum absolute atomic E-state index is 0.306. The van der Waals surface area contributed by atoms with Crippen LogP contribution in [-0.2, 0) is 9.53 Å². The zero-order chi connectivity index (χ0) is 17.0. The molecule has 0 fully saturated rings. The van der Waals surface area contributed by atoms with Crippen LogP contribution >= 0.6 is 11.6 Å². The zero-order valence-corrected chi connectivity index (χ0v) is 15.1. The maximum absolute atomic E-state index is 11.9. The summed E-state index contributed by atoms with van der Waals surface area (Å²) < 4.78 is 5.11. The maximum atomic E-state index is 11.9. The van der Waals surface area contributed by atoms with E-state index in [1.807, 2.05) is 0 Å². The first-order valence-electron chi connectivity index (χ1n) is 6.99. The van der Waals surface area contributed by atoms with Crippen LogP contribution in [0.3, 0.4) is 0 Å². The number of halogens is 1. The molecular formula is C16H22ClNO3Si. The Morgan fingerprint density at radius 3 is 2.64 bits per heavy atom. The van der Waals surface area contributed by atoms with Gasteiger partial charge in [0.1, 0.15) is 0 Å². The summed E-state index contributed by atoms with van der Waals surface area (Å²) in [5.41, 5.74) is 4.77. The number of nitrogen functional groups attached to an aromatic ring is 1. The number of hydrogen-bond acceptors (Lipinski definition) is 4. The number of esters is 1. The summed E-state index contributed by atoms with van der Waals surface area (Å²) in [5.74, 6) is 4.48. The number of aliphatic hydroxyl groups is 1. The average Bonchev–Trinajstić information content (AvgIpc) is 2.38. The number of carbonyl (C=O) groups excluding carboxylic acids is 1. The largest absolute Gasteiger partial charge is 0.463 e. The Hall–Kier alpha value is -1.48. The Bertz CT molecular complexity index is 612. The lowest BCUT2D eigenvalue weighted by atomic mass is 10.1. The Kier molecular flexibility index (Phi) is 6.06. The molecular weight excluding hydrogens is 318 g/mol. The Morgan fingerprint density at radius 2 is 2.09 bits per heavy atom. The van der Waals surface area contributed by atoms with Crippen LogP contribution in [-0.4, -0.2) is 31.4 Å². The molecule has 0 aromatic heterocycles. The van der Waals surface area contributed by atoms with Crippen LogP contribution in [0.2, 0.25) is 30.7 Å². The number of hydrogen-bond donors (Lipinski definition) is 2. The molecule has 0 bridgehead atoms. The van der Waals surface area contributed by atoms with E-state index < -0.39 is 19.6 Å². The van der Waals surface area contributed by atoms with E-state index in [9.17, 15) is 9.90 Å². The van der Waals surface area contributed by atoms with E-state index in [1.54, 1.807) is 18.2 Å². The lowest BCUT2D eigenvalue weighted by Gasteiger charge is -2.18. The van der Waals surface area contributed by atoms with Gasteiger partial charge in [0.15, 0.2) is 0 Å². The zero-order valence-electron chi connectivity index (χ0n) is 13.4. The van der Waals surface area contributed by atoms with Gasteiger partial charge in [-0.25, -0.2) is 4.79 Å². The third-order valence-electron chi connectivity index (χ3n) is 2.93. The van der Waals surface area contributed by atoms with Crippen LogP contribution in [0.1, 0.15) is 12.5 Å². The second kappa shape index (κ2) is 7.19. The summed E-state index contributed by atoms with van der Waals surface area (Å²) in [7, 11) is -1.29. The molecule has 0 spiro atoms. The van der Waals surface area contributed by atoms with Gasteiger partial charge in [0, 0.05) is 13.6 Å².